The largest absolute Gasteiger partial charge is 0.353 e. The second-order valence-electron chi connectivity index (χ2n) is 5.53. The molecule has 116 valence electrons. The summed E-state index contributed by atoms with van der Waals surface area (Å²) < 4.78 is 1.89. The predicted molar refractivity (Wildman–Crippen MR) is 79.0 cm³/mol. The fourth-order valence-electron chi connectivity index (χ4n) is 2.41. The van der Waals surface area contributed by atoms with E-state index in [9.17, 15) is 9.59 Å². The molecule has 0 saturated carbocycles. The van der Waals surface area contributed by atoms with Gasteiger partial charge in [0.05, 0.1) is 0 Å². The molecule has 1 aromatic heterocycles. The molecule has 0 unspecified atom stereocenters. The topological polar surface area (TPSA) is 79.3 Å². The zero-order valence-corrected chi connectivity index (χ0v) is 12.8. The Hall–Kier alpha value is -2.05. The monoisotopic (exact) mass is 293 g/mol. The fraction of sp³-hybridized carbons (Fsp3) is 0.643. The third kappa shape index (κ3) is 3.53. The van der Waals surface area contributed by atoms with E-state index < -0.39 is 0 Å². The SMILES string of the molecule is CC(C)c1nccn1[C@@H](C)C(=O)NCCN1CCNC1=O. The van der Waals surface area contributed by atoms with E-state index in [1.54, 1.807) is 11.1 Å². The van der Waals surface area contributed by atoms with E-state index in [0.29, 0.717) is 26.2 Å². The fourth-order valence-corrected chi connectivity index (χ4v) is 2.41. The first-order chi connectivity index (χ1) is 10.0. The minimum Gasteiger partial charge on any atom is -0.353 e. The normalized spacial score (nSPS) is 16.2. The second kappa shape index (κ2) is 6.60. The highest BCUT2D eigenvalue weighted by Crippen LogP contribution is 2.17. The van der Waals surface area contributed by atoms with Gasteiger partial charge < -0.3 is 20.1 Å². The second-order valence-corrected chi connectivity index (χ2v) is 5.53. The van der Waals surface area contributed by atoms with Gasteiger partial charge in [0.25, 0.3) is 0 Å². The molecule has 7 nitrogen and oxygen atoms in total. The lowest BCUT2D eigenvalue weighted by Crippen LogP contribution is -2.39. The van der Waals surface area contributed by atoms with Crippen molar-refractivity contribution in [1.82, 2.24) is 25.1 Å². The molecule has 1 aromatic rings. The zero-order chi connectivity index (χ0) is 15.4. The van der Waals surface area contributed by atoms with Crippen molar-refractivity contribution < 1.29 is 9.59 Å². The van der Waals surface area contributed by atoms with Crippen LogP contribution in [0.3, 0.4) is 0 Å². The van der Waals surface area contributed by atoms with Gasteiger partial charge in [0.1, 0.15) is 11.9 Å². The van der Waals surface area contributed by atoms with Gasteiger partial charge >= 0.3 is 6.03 Å². The van der Waals surface area contributed by atoms with Gasteiger partial charge in [-0.3, -0.25) is 4.79 Å². The van der Waals surface area contributed by atoms with Gasteiger partial charge in [0.15, 0.2) is 0 Å². The third-order valence-electron chi connectivity index (χ3n) is 3.64. The van der Waals surface area contributed by atoms with E-state index in [4.69, 9.17) is 0 Å². The number of urea groups is 1. The molecule has 0 bridgehead atoms. The molecule has 2 N–H and O–H groups in total. The van der Waals surface area contributed by atoms with E-state index in [2.05, 4.69) is 29.5 Å². The number of hydrogen-bond donors (Lipinski definition) is 2. The Morgan fingerprint density at radius 2 is 2.24 bits per heavy atom. The van der Waals surface area contributed by atoms with Crippen molar-refractivity contribution in [2.75, 3.05) is 26.2 Å². The molecule has 1 saturated heterocycles. The Bertz CT molecular complexity index is 511. The van der Waals surface area contributed by atoms with Gasteiger partial charge in [0.2, 0.25) is 5.91 Å². The maximum Gasteiger partial charge on any atom is 0.317 e. The van der Waals surface area contributed by atoms with E-state index in [-0.39, 0.29) is 23.9 Å². The van der Waals surface area contributed by atoms with Gasteiger partial charge in [-0.05, 0) is 6.92 Å². The zero-order valence-electron chi connectivity index (χ0n) is 12.8. The Morgan fingerprint density at radius 1 is 1.48 bits per heavy atom. The first-order valence-electron chi connectivity index (χ1n) is 7.34. The van der Waals surface area contributed by atoms with Crippen molar-refractivity contribution in [2.45, 2.75) is 32.7 Å². The lowest BCUT2D eigenvalue weighted by atomic mass is 10.2. The summed E-state index contributed by atoms with van der Waals surface area (Å²) in [6.45, 7) is 8.32. The molecular formula is C14H23N5O2. The van der Waals surface area contributed by atoms with Crippen LogP contribution >= 0.6 is 0 Å². The quantitative estimate of drug-likeness (QED) is 0.810. The van der Waals surface area contributed by atoms with Crippen molar-refractivity contribution >= 4 is 11.9 Å². The molecule has 0 aliphatic carbocycles. The number of nitrogens with one attached hydrogen (secondary N) is 2. The molecular weight excluding hydrogens is 270 g/mol. The van der Waals surface area contributed by atoms with Crippen molar-refractivity contribution in [1.29, 1.82) is 0 Å². The van der Waals surface area contributed by atoms with Gasteiger partial charge in [0, 0.05) is 44.5 Å². The molecule has 2 heterocycles. The first kappa shape index (κ1) is 15.3. The Kier molecular flexibility index (Phi) is 4.82. The van der Waals surface area contributed by atoms with Crippen LogP contribution in [0.5, 0.6) is 0 Å². The Morgan fingerprint density at radius 3 is 2.86 bits per heavy atom. The Balaban J connectivity index is 1.85. The van der Waals surface area contributed by atoms with Crippen molar-refractivity contribution in [3.05, 3.63) is 18.2 Å². The average Bonchev–Trinajstić information content (AvgIpc) is 3.07. The first-order valence-corrected chi connectivity index (χ1v) is 7.34. The summed E-state index contributed by atoms with van der Waals surface area (Å²) in [5, 5.41) is 5.61. The number of hydrogen-bond acceptors (Lipinski definition) is 3. The standard InChI is InChI=1S/C14H23N5O2/c1-10(2)12-15-6-9-19(12)11(3)13(20)16-4-7-18-8-5-17-14(18)21/h6,9-11H,4-5,7-8H2,1-3H3,(H,16,20)(H,17,21)/t11-/m0/s1. The number of nitrogens with zero attached hydrogens (tertiary/aromatic N) is 3. The van der Waals surface area contributed by atoms with Crippen LogP contribution in [0.2, 0.25) is 0 Å². The highest BCUT2D eigenvalue weighted by atomic mass is 16.2. The third-order valence-corrected chi connectivity index (χ3v) is 3.64. The van der Waals surface area contributed by atoms with Gasteiger partial charge in [-0.2, -0.15) is 0 Å². The molecule has 1 fully saturated rings. The summed E-state index contributed by atoms with van der Waals surface area (Å²) in [6, 6.07) is -0.369. The summed E-state index contributed by atoms with van der Waals surface area (Å²) >= 11 is 0. The lowest BCUT2D eigenvalue weighted by Gasteiger charge is -2.19. The summed E-state index contributed by atoms with van der Waals surface area (Å²) in [7, 11) is 0. The van der Waals surface area contributed by atoms with Crippen LogP contribution in [-0.2, 0) is 4.79 Å². The number of rotatable bonds is 6. The molecule has 3 amide bonds. The number of imidazole rings is 1. The van der Waals surface area contributed by atoms with Gasteiger partial charge in [-0.1, -0.05) is 13.8 Å². The molecule has 0 spiro atoms. The maximum absolute atomic E-state index is 12.2. The smallest absolute Gasteiger partial charge is 0.317 e. The van der Waals surface area contributed by atoms with E-state index in [1.165, 1.54) is 0 Å². The number of aromatic nitrogens is 2. The molecule has 2 rings (SSSR count). The van der Waals surface area contributed by atoms with Crippen LogP contribution in [0.1, 0.15) is 38.6 Å². The van der Waals surface area contributed by atoms with Crippen molar-refractivity contribution in [3.8, 4) is 0 Å². The summed E-state index contributed by atoms with van der Waals surface area (Å²) in [5.41, 5.74) is 0. The molecule has 1 aliphatic rings. The van der Waals surface area contributed by atoms with Crippen LogP contribution in [0.25, 0.3) is 0 Å². The summed E-state index contributed by atoms with van der Waals surface area (Å²) in [4.78, 5) is 29.6. The maximum atomic E-state index is 12.2. The predicted octanol–water partition coefficient (Wildman–Crippen LogP) is 0.709. The Labute approximate surface area is 124 Å². The van der Waals surface area contributed by atoms with Crippen LogP contribution in [0.4, 0.5) is 4.79 Å². The minimum atomic E-state index is -0.308. The van der Waals surface area contributed by atoms with Crippen LogP contribution in [0.15, 0.2) is 12.4 Å². The lowest BCUT2D eigenvalue weighted by molar-refractivity contribution is -0.123. The number of amides is 3. The minimum absolute atomic E-state index is 0.0606. The highest BCUT2D eigenvalue weighted by molar-refractivity contribution is 5.80. The van der Waals surface area contributed by atoms with E-state index in [1.807, 2.05) is 17.7 Å². The highest BCUT2D eigenvalue weighted by Gasteiger charge is 2.21. The average molecular weight is 293 g/mol. The summed E-state index contributed by atoms with van der Waals surface area (Å²) in [5.74, 6) is 1.11. The van der Waals surface area contributed by atoms with Crippen LogP contribution < -0.4 is 10.6 Å². The molecule has 0 aromatic carbocycles. The molecule has 7 heteroatoms. The van der Waals surface area contributed by atoms with Gasteiger partial charge in [-0.25, -0.2) is 9.78 Å². The van der Waals surface area contributed by atoms with Crippen molar-refractivity contribution in [2.24, 2.45) is 0 Å². The number of carbonyl (C=O) groups is 2. The number of carbonyl (C=O) groups excluding carboxylic acids is 2. The summed E-state index contributed by atoms with van der Waals surface area (Å²) in [6.07, 6.45) is 3.54. The molecule has 1 atom stereocenters. The van der Waals surface area contributed by atoms with Crippen LogP contribution in [-0.4, -0.2) is 52.6 Å². The molecule has 0 radical (unpaired) electrons. The molecule has 21 heavy (non-hydrogen) atoms. The van der Waals surface area contributed by atoms with Gasteiger partial charge in [-0.15, -0.1) is 0 Å². The van der Waals surface area contributed by atoms with Crippen LogP contribution in [0, 0.1) is 0 Å². The van der Waals surface area contributed by atoms with Crippen molar-refractivity contribution in [3.63, 3.8) is 0 Å². The van der Waals surface area contributed by atoms with E-state index >= 15 is 0 Å². The van der Waals surface area contributed by atoms with E-state index in [0.717, 1.165) is 5.82 Å². The molecule has 1 aliphatic heterocycles.